The average Bonchev–Trinajstić information content (AvgIpc) is 2.87. The number of rotatable bonds is 2. The van der Waals surface area contributed by atoms with E-state index in [1.807, 2.05) is 30.3 Å². The Bertz CT molecular complexity index is 657. The van der Waals surface area contributed by atoms with Crippen LogP contribution in [0.2, 0.25) is 0 Å². The number of hydrogen-bond acceptors (Lipinski definition) is 5. The van der Waals surface area contributed by atoms with E-state index in [1.54, 1.807) is 6.20 Å². The molecule has 0 aliphatic heterocycles. The second kappa shape index (κ2) is 3.95. The first kappa shape index (κ1) is 9.92. The summed E-state index contributed by atoms with van der Waals surface area (Å²) in [6.07, 6.45) is 1.73. The lowest BCUT2D eigenvalue weighted by atomic mass is 10.1. The Kier molecular flexibility index (Phi) is 2.31. The normalized spacial score (nSPS) is 10.9. The number of nitrogens with zero attached hydrogens (tertiary/aromatic N) is 3. The first-order chi connectivity index (χ1) is 8.38. The van der Waals surface area contributed by atoms with Gasteiger partial charge in [-0.15, -0.1) is 0 Å². The lowest BCUT2D eigenvalue weighted by Gasteiger charge is -2.00. The monoisotopic (exact) mass is 226 g/mol. The maximum Gasteiger partial charge on any atom is 0.277 e. The molecule has 0 amide bonds. The van der Waals surface area contributed by atoms with Crippen LogP contribution in [-0.2, 0) is 6.54 Å². The molecule has 1 aromatic carbocycles. The van der Waals surface area contributed by atoms with E-state index in [2.05, 4.69) is 15.1 Å². The van der Waals surface area contributed by atoms with E-state index in [9.17, 15) is 0 Å². The van der Waals surface area contributed by atoms with E-state index in [-0.39, 0.29) is 6.54 Å². The van der Waals surface area contributed by atoms with Gasteiger partial charge in [-0.05, 0) is 11.5 Å². The zero-order valence-electron chi connectivity index (χ0n) is 9.00. The smallest absolute Gasteiger partial charge is 0.277 e. The maximum absolute atomic E-state index is 5.45. The van der Waals surface area contributed by atoms with Crippen LogP contribution < -0.4 is 5.73 Å². The van der Waals surface area contributed by atoms with Crippen LogP contribution >= 0.6 is 0 Å². The molecule has 3 rings (SSSR count). The summed E-state index contributed by atoms with van der Waals surface area (Å²) in [4.78, 5) is 8.47. The molecule has 0 unspecified atom stereocenters. The van der Waals surface area contributed by atoms with Gasteiger partial charge in [0.2, 0.25) is 0 Å². The van der Waals surface area contributed by atoms with Gasteiger partial charge >= 0.3 is 0 Å². The number of fused-ring (bicyclic) bond motifs is 1. The van der Waals surface area contributed by atoms with Crippen molar-refractivity contribution < 1.29 is 4.52 Å². The van der Waals surface area contributed by atoms with Crippen molar-refractivity contribution in [3.05, 3.63) is 42.4 Å². The average molecular weight is 226 g/mol. The van der Waals surface area contributed by atoms with Gasteiger partial charge in [-0.25, -0.2) is 0 Å². The van der Waals surface area contributed by atoms with Crippen LogP contribution in [0.3, 0.4) is 0 Å². The standard InChI is InChI=1S/C12H10N4O/c13-7-10-15-12(17-16-10)11-9-4-2-1-3-8(9)5-6-14-11/h1-6H,7,13H2. The molecule has 0 fully saturated rings. The molecule has 84 valence electrons. The number of benzene rings is 1. The van der Waals surface area contributed by atoms with Crippen molar-refractivity contribution in [1.29, 1.82) is 0 Å². The fourth-order valence-electron chi connectivity index (χ4n) is 1.72. The Labute approximate surface area is 97.3 Å². The molecule has 0 aliphatic carbocycles. The highest BCUT2D eigenvalue weighted by atomic mass is 16.5. The van der Waals surface area contributed by atoms with Crippen LogP contribution in [0.5, 0.6) is 0 Å². The lowest BCUT2D eigenvalue weighted by molar-refractivity contribution is 0.422. The van der Waals surface area contributed by atoms with Gasteiger partial charge in [0.05, 0.1) is 6.54 Å². The summed E-state index contributed by atoms with van der Waals surface area (Å²) < 4.78 is 5.15. The van der Waals surface area contributed by atoms with Gasteiger partial charge < -0.3 is 10.3 Å². The molecule has 5 nitrogen and oxygen atoms in total. The Hall–Kier alpha value is -2.27. The molecule has 0 aliphatic rings. The third-order valence-electron chi connectivity index (χ3n) is 2.53. The fraction of sp³-hybridized carbons (Fsp3) is 0.0833. The largest absolute Gasteiger partial charge is 0.332 e. The molecule has 3 aromatic rings. The Morgan fingerprint density at radius 2 is 2.06 bits per heavy atom. The fourth-order valence-corrected chi connectivity index (χ4v) is 1.72. The third kappa shape index (κ3) is 1.66. The summed E-state index contributed by atoms with van der Waals surface area (Å²) in [5.41, 5.74) is 6.14. The first-order valence-corrected chi connectivity index (χ1v) is 5.25. The highest BCUT2D eigenvalue weighted by molar-refractivity contribution is 5.92. The molecule has 0 saturated carbocycles. The molecule has 0 spiro atoms. The van der Waals surface area contributed by atoms with Crippen molar-refractivity contribution in [2.24, 2.45) is 5.73 Å². The van der Waals surface area contributed by atoms with E-state index >= 15 is 0 Å². The van der Waals surface area contributed by atoms with Gasteiger partial charge in [0.15, 0.2) is 5.82 Å². The van der Waals surface area contributed by atoms with Crippen molar-refractivity contribution in [3.8, 4) is 11.6 Å². The van der Waals surface area contributed by atoms with Gasteiger partial charge in [0.25, 0.3) is 5.89 Å². The molecule has 0 atom stereocenters. The topological polar surface area (TPSA) is 77.8 Å². The summed E-state index contributed by atoms with van der Waals surface area (Å²) in [6.45, 7) is 0.258. The predicted octanol–water partition coefficient (Wildman–Crippen LogP) is 1.74. The molecule has 5 heteroatoms. The second-order valence-corrected chi connectivity index (χ2v) is 3.60. The van der Waals surface area contributed by atoms with Gasteiger partial charge in [-0.1, -0.05) is 29.4 Å². The summed E-state index contributed by atoms with van der Waals surface area (Å²) >= 11 is 0. The van der Waals surface area contributed by atoms with Crippen LogP contribution in [0.1, 0.15) is 5.82 Å². The third-order valence-corrected chi connectivity index (χ3v) is 2.53. The molecule has 2 aromatic heterocycles. The van der Waals surface area contributed by atoms with Gasteiger partial charge in [-0.2, -0.15) is 4.98 Å². The van der Waals surface area contributed by atoms with Gasteiger partial charge in [0, 0.05) is 11.6 Å². The van der Waals surface area contributed by atoms with Crippen molar-refractivity contribution in [2.75, 3.05) is 0 Å². The zero-order valence-corrected chi connectivity index (χ0v) is 9.00. The highest BCUT2D eigenvalue weighted by Gasteiger charge is 2.12. The molecule has 0 radical (unpaired) electrons. The Balaban J connectivity index is 2.23. The summed E-state index contributed by atoms with van der Waals surface area (Å²) in [6, 6.07) is 9.86. The van der Waals surface area contributed by atoms with Crippen LogP contribution in [-0.4, -0.2) is 15.1 Å². The van der Waals surface area contributed by atoms with Crippen LogP contribution in [0, 0.1) is 0 Å². The quantitative estimate of drug-likeness (QED) is 0.720. The van der Waals surface area contributed by atoms with E-state index in [4.69, 9.17) is 10.3 Å². The number of aromatic nitrogens is 3. The minimum absolute atomic E-state index is 0.258. The predicted molar refractivity (Wildman–Crippen MR) is 62.9 cm³/mol. The maximum atomic E-state index is 5.45. The van der Waals surface area contributed by atoms with E-state index in [1.165, 1.54) is 0 Å². The van der Waals surface area contributed by atoms with Crippen molar-refractivity contribution in [2.45, 2.75) is 6.54 Å². The van der Waals surface area contributed by atoms with Gasteiger partial charge in [0.1, 0.15) is 5.69 Å². The molecule has 0 saturated heterocycles. The molecule has 17 heavy (non-hydrogen) atoms. The lowest BCUT2D eigenvalue weighted by Crippen LogP contribution is -1.98. The Morgan fingerprint density at radius 3 is 2.88 bits per heavy atom. The van der Waals surface area contributed by atoms with Crippen molar-refractivity contribution in [3.63, 3.8) is 0 Å². The molecular formula is C12H10N4O. The minimum atomic E-state index is 0.258. The van der Waals surface area contributed by atoms with Crippen LogP contribution in [0.15, 0.2) is 41.1 Å². The van der Waals surface area contributed by atoms with Crippen LogP contribution in [0.4, 0.5) is 0 Å². The Morgan fingerprint density at radius 1 is 1.18 bits per heavy atom. The summed E-state index contributed by atoms with van der Waals surface area (Å²) in [7, 11) is 0. The number of nitrogens with two attached hydrogens (primary N) is 1. The number of hydrogen-bond donors (Lipinski definition) is 1. The van der Waals surface area contributed by atoms with Gasteiger partial charge in [-0.3, -0.25) is 4.98 Å². The second-order valence-electron chi connectivity index (χ2n) is 3.60. The highest BCUT2D eigenvalue weighted by Crippen LogP contribution is 2.24. The molecular weight excluding hydrogens is 216 g/mol. The first-order valence-electron chi connectivity index (χ1n) is 5.25. The molecule has 0 bridgehead atoms. The molecule has 2 N–H and O–H groups in total. The van der Waals surface area contributed by atoms with E-state index in [0.29, 0.717) is 17.4 Å². The van der Waals surface area contributed by atoms with E-state index < -0.39 is 0 Å². The minimum Gasteiger partial charge on any atom is -0.332 e. The summed E-state index contributed by atoms with van der Waals surface area (Å²) in [5.74, 6) is 0.886. The molecule has 2 heterocycles. The van der Waals surface area contributed by atoms with Crippen LogP contribution in [0.25, 0.3) is 22.4 Å². The van der Waals surface area contributed by atoms with Crippen molar-refractivity contribution >= 4 is 10.8 Å². The SMILES string of the molecule is NCc1noc(-c2nccc3ccccc23)n1. The number of pyridine rings is 1. The van der Waals surface area contributed by atoms with Crippen molar-refractivity contribution in [1.82, 2.24) is 15.1 Å². The van der Waals surface area contributed by atoms with E-state index in [0.717, 1.165) is 10.8 Å². The zero-order chi connectivity index (χ0) is 11.7. The summed E-state index contributed by atoms with van der Waals surface area (Å²) in [5, 5.41) is 5.84.